The van der Waals surface area contributed by atoms with E-state index in [9.17, 15) is 26.3 Å². The average molecular weight is 346 g/mol. The lowest BCUT2D eigenvalue weighted by Gasteiger charge is -2.12. The summed E-state index contributed by atoms with van der Waals surface area (Å²) in [4.78, 5) is 0. The molecule has 24 heavy (non-hydrogen) atoms. The highest BCUT2D eigenvalue weighted by atomic mass is 19.4. The van der Waals surface area contributed by atoms with E-state index in [1.54, 1.807) is 0 Å². The minimum Gasteiger partial charge on any atom is -0.406 e. The maximum Gasteiger partial charge on any atom is 0.573 e. The molecule has 0 unspecified atom stereocenters. The highest BCUT2D eigenvalue weighted by molar-refractivity contribution is 5.68. The fourth-order valence-electron chi connectivity index (χ4n) is 1.89. The van der Waals surface area contributed by atoms with E-state index in [0.717, 1.165) is 24.3 Å². The molecule has 8 heteroatoms. The SMILES string of the molecule is C#Cc1cc(OC(F)(F)F)cc(-c2ccc(OC(F)(F)F)cc2)c1. The molecule has 0 heterocycles. The van der Waals surface area contributed by atoms with Gasteiger partial charge in [0.25, 0.3) is 0 Å². The van der Waals surface area contributed by atoms with E-state index in [0.29, 0.717) is 5.56 Å². The lowest BCUT2D eigenvalue weighted by Crippen LogP contribution is -2.17. The average Bonchev–Trinajstić information content (AvgIpc) is 2.44. The molecule has 2 nitrogen and oxygen atoms in total. The van der Waals surface area contributed by atoms with Crippen molar-refractivity contribution in [1.82, 2.24) is 0 Å². The smallest absolute Gasteiger partial charge is 0.406 e. The topological polar surface area (TPSA) is 18.5 Å². The molecule has 0 amide bonds. The highest BCUT2D eigenvalue weighted by Gasteiger charge is 2.32. The number of ether oxygens (including phenoxy) is 2. The minimum absolute atomic E-state index is 0.127. The van der Waals surface area contributed by atoms with Crippen LogP contribution in [0.15, 0.2) is 42.5 Å². The Morgan fingerprint density at radius 1 is 0.708 bits per heavy atom. The van der Waals surface area contributed by atoms with Gasteiger partial charge in [0.05, 0.1) is 0 Å². The summed E-state index contributed by atoms with van der Waals surface area (Å²) in [5, 5.41) is 0. The van der Waals surface area contributed by atoms with Crippen molar-refractivity contribution in [2.24, 2.45) is 0 Å². The summed E-state index contributed by atoms with van der Waals surface area (Å²) in [5.74, 6) is 1.21. The molecule has 0 fully saturated rings. The Labute approximate surface area is 132 Å². The summed E-state index contributed by atoms with van der Waals surface area (Å²) in [5.41, 5.74) is 0.722. The van der Waals surface area contributed by atoms with Crippen LogP contribution in [0.1, 0.15) is 5.56 Å². The van der Waals surface area contributed by atoms with E-state index in [1.165, 1.54) is 18.2 Å². The second-order valence-electron chi connectivity index (χ2n) is 4.51. The number of halogens is 6. The van der Waals surface area contributed by atoms with Crippen molar-refractivity contribution in [3.05, 3.63) is 48.0 Å². The Balaban J connectivity index is 2.34. The Bertz CT molecular complexity index is 754. The maximum absolute atomic E-state index is 12.3. The quantitative estimate of drug-likeness (QED) is 0.566. The normalized spacial score (nSPS) is 11.7. The van der Waals surface area contributed by atoms with Gasteiger partial charge in [-0.15, -0.1) is 32.8 Å². The zero-order chi connectivity index (χ0) is 18.0. The molecule has 0 aliphatic carbocycles. The molecule has 0 saturated heterocycles. The van der Waals surface area contributed by atoms with Gasteiger partial charge >= 0.3 is 12.7 Å². The van der Waals surface area contributed by atoms with Gasteiger partial charge in [0.1, 0.15) is 11.5 Å². The fraction of sp³-hybridized carbons (Fsp3) is 0.125. The Morgan fingerprint density at radius 3 is 1.75 bits per heavy atom. The van der Waals surface area contributed by atoms with Crippen molar-refractivity contribution in [1.29, 1.82) is 0 Å². The Kier molecular flexibility index (Phi) is 4.64. The number of alkyl halides is 6. The Morgan fingerprint density at radius 2 is 1.25 bits per heavy atom. The van der Waals surface area contributed by atoms with Gasteiger partial charge in [-0.3, -0.25) is 0 Å². The molecule has 0 bridgehead atoms. The van der Waals surface area contributed by atoms with Crippen molar-refractivity contribution >= 4 is 0 Å². The Hall–Kier alpha value is -2.82. The molecule has 0 atom stereocenters. The zero-order valence-corrected chi connectivity index (χ0v) is 11.7. The molecule has 2 rings (SSSR count). The van der Waals surface area contributed by atoms with Gasteiger partial charge in [-0.2, -0.15) is 0 Å². The van der Waals surface area contributed by atoms with Crippen LogP contribution >= 0.6 is 0 Å². The van der Waals surface area contributed by atoms with Crippen LogP contribution in [0.3, 0.4) is 0 Å². The van der Waals surface area contributed by atoms with Crippen LogP contribution in [0.25, 0.3) is 11.1 Å². The van der Waals surface area contributed by atoms with Crippen molar-refractivity contribution in [2.45, 2.75) is 12.7 Å². The van der Waals surface area contributed by atoms with Crippen LogP contribution in [0.4, 0.5) is 26.3 Å². The summed E-state index contributed by atoms with van der Waals surface area (Å²) in [6.45, 7) is 0. The van der Waals surface area contributed by atoms with E-state index in [1.807, 2.05) is 0 Å². The van der Waals surface area contributed by atoms with Gasteiger partial charge in [0.2, 0.25) is 0 Å². The van der Waals surface area contributed by atoms with Crippen molar-refractivity contribution in [3.8, 4) is 35.0 Å². The second kappa shape index (κ2) is 6.35. The van der Waals surface area contributed by atoms with E-state index in [-0.39, 0.29) is 11.1 Å². The first kappa shape index (κ1) is 17.5. The van der Waals surface area contributed by atoms with Crippen LogP contribution in [-0.2, 0) is 0 Å². The van der Waals surface area contributed by atoms with Crippen molar-refractivity contribution in [3.63, 3.8) is 0 Å². The van der Waals surface area contributed by atoms with Crippen LogP contribution < -0.4 is 9.47 Å². The van der Waals surface area contributed by atoms with E-state index in [2.05, 4.69) is 15.4 Å². The molecular weight excluding hydrogens is 338 g/mol. The summed E-state index contributed by atoms with van der Waals surface area (Å²) in [7, 11) is 0. The number of terminal acetylenes is 1. The number of rotatable bonds is 3. The summed E-state index contributed by atoms with van der Waals surface area (Å²) in [6, 6.07) is 8.10. The molecule has 0 aliphatic heterocycles. The summed E-state index contributed by atoms with van der Waals surface area (Å²) >= 11 is 0. The van der Waals surface area contributed by atoms with Gasteiger partial charge < -0.3 is 9.47 Å². The third-order valence-corrected chi connectivity index (χ3v) is 2.73. The van der Waals surface area contributed by atoms with E-state index >= 15 is 0 Å². The first-order chi connectivity index (χ1) is 11.1. The van der Waals surface area contributed by atoms with Crippen LogP contribution in [-0.4, -0.2) is 12.7 Å². The molecule has 0 radical (unpaired) electrons. The largest absolute Gasteiger partial charge is 0.573 e. The standard InChI is InChI=1S/C16H8F6O2/c1-2-10-7-12(9-14(8-10)24-16(20,21)22)11-3-5-13(6-4-11)23-15(17,18)19/h1,3-9H. The van der Waals surface area contributed by atoms with Gasteiger partial charge in [-0.1, -0.05) is 18.1 Å². The zero-order valence-electron chi connectivity index (χ0n) is 11.7. The lowest BCUT2D eigenvalue weighted by atomic mass is 10.0. The molecule has 0 saturated carbocycles. The number of hydrogen-bond acceptors (Lipinski definition) is 2. The molecule has 0 aromatic heterocycles. The first-order valence-electron chi connectivity index (χ1n) is 6.29. The van der Waals surface area contributed by atoms with Gasteiger partial charge in [0, 0.05) is 5.56 Å². The third kappa shape index (κ3) is 5.12. The predicted molar refractivity (Wildman–Crippen MR) is 73.2 cm³/mol. The molecule has 2 aromatic rings. The fourth-order valence-corrected chi connectivity index (χ4v) is 1.89. The predicted octanol–water partition coefficient (Wildman–Crippen LogP) is 5.13. The molecule has 0 aliphatic rings. The van der Waals surface area contributed by atoms with Gasteiger partial charge in [-0.05, 0) is 41.5 Å². The van der Waals surface area contributed by atoms with Crippen LogP contribution in [0.5, 0.6) is 11.5 Å². The second-order valence-corrected chi connectivity index (χ2v) is 4.51. The summed E-state index contributed by atoms with van der Waals surface area (Å²) in [6.07, 6.45) is -4.54. The monoisotopic (exact) mass is 346 g/mol. The number of hydrogen-bond donors (Lipinski definition) is 0. The molecular formula is C16H8F6O2. The van der Waals surface area contributed by atoms with Gasteiger partial charge in [0.15, 0.2) is 0 Å². The molecule has 0 N–H and O–H groups in total. The van der Waals surface area contributed by atoms with Crippen LogP contribution in [0.2, 0.25) is 0 Å². The van der Waals surface area contributed by atoms with E-state index < -0.39 is 24.2 Å². The van der Waals surface area contributed by atoms with Crippen molar-refractivity contribution < 1.29 is 35.8 Å². The lowest BCUT2D eigenvalue weighted by molar-refractivity contribution is -0.275. The molecule has 126 valence electrons. The maximum atomic E-state index is 12.3. The highest BCUT2D eigenvalue weighted by Crippen LogP contribution is 2.31. The first-order valence-corrected chi connectivity index (χ1v) is 6.29. The third-order valence-electron chi connectivity index (χ3n) is 2.73. The van der Waals surface area contributed by atoms with Crippen LogP contribution in [0, 0.1) is 12.3 Å². The minimum atomic E-state index is -4.89. The summed E-state index contributed by atoms with van der Waals surface area (Å²) < 4.78 is 80.8. The molecule has 0 spiro atoms. The van der Waals surface area contributed by atoms with E-state index in [4.69, 9.17) is 6.42 Å². The van der Waals surface area contributed by atoms with Gasteiger partial charge in [-0.25, -0.2) is 0 Å². The number of benzene rings is 2. The van der Waals surface area contributed by atoms with Crippen molar-refractivity contribution in [2.75, 3.05) is 0 Å². The molecule has 2 aromatic carbocycles.